The average molecular weight is 308 g/mol. The molecule has 0 unspecified atom stereocenters. The fourth-order valence-electron chi connectivity index (χ4n) is 1.33. The molecule has 0 aliphatic carbocycles. The van der Waals surface area contributed by atoms with Crippen LogP contribution in [-0.2, 0) is 15.7 Å². The van der Waals surface area contributed by atoms with E-state index in [2.05, 4.69) is 5.32 Å². The summed E-state index contributed by atoms with van der Waals surface area (Å²) in [6.07, 6.45) is -3.25. The van der Waals surface area contributed by atoms with Crippen molar-refractivity contribution in [3.8, 4) is 0 Å². The second kappa shape index (κ2) is 6.65. The number of carbonyl (C=O) groups is 1. The summed E-state index contributed by atoms with van der Waals surface area (Å²) < 4.78 is 42.7. The van der Waals surface area contributed by atoms with Gasteiger partial charge in [0.05, 0.1) is 22.8 Å². The Bertz CT molecular complexity index is 527. The first kappa shape index (κ1) is 16.4. The van der Waals surface area contributed by atoms with Crippen molar-refractivity contribution in [1.82, 2.24) is 0 Å². The van der Waals surface area contributed by atoms with Gasteiger partial charge in [-0.3, -0.25) is 0 Å². The van der Waals surface area contributed by atoms with Gasteiger partial charge in [-0.2, -0.15) is 13.2 Å². The predicted octanol–water partition coefficient (Wildman–Crippen LogP) is 4.24. The third-order valence-electron chi connectivity index (χ3n) is 2.32. The number of carbonyl (C=O) groups excluding carboxylic acids is 1. The van der Waals surface area contributed by atoms with E-state index >= 15 is 0 Å². The summed E-state index contributed by atoms with van der Waals surface area (Å²) in [6, 6.07) is 3.39. The fraction of sp³-hybridized carbons (Fsp3) is 0.308. The first-order valence-electron chi connectivity index (χ1n) is 5.73. The SMILES string of the molecule is CCOC(=O)/C(C)=C/Nc1ccc(Cl)c(C(F)(F)F)c1. The summed E-state index contributed by atoms with van der Waals surface area (Å²) in [6.45, 7) is 3.38. The third-order valence-corrected chi connectivity index (χ3v) is 2.65. The number of benzene rings is 1. The van der Waals surface area contributed by atoms with Crippen LogP contribution in [0.2, 0.25) is 5.02 Å². The molecule has 1 N–H and O–H groups in total. The molecule has 0 aliphatic heterocycles. The number of nitrogens with one attached hydrogen (secondary N) is 1. The molecule has 3 nitrogen and oxygen atoms in total. The van der Waals surface area contributed by atoms with E-state index in [-0.39, 0.29) is 22.9 Å². The summed E-state index contributed by atoms with van der Waals surface area (Å²) in [5.41, 5.74) is -0.521. The third kappa shape index (κ3) is 4.45. The molecule has 0 aliphatic rings. The summed E-state index contributed by atoms with van der Waals surface area (Å²) >= 11 is 5.50. The second-order valence-electron chi connectivity index (χ2n) is 3.88. The van der Waals surface area contributed by atoms with Gasteiger partial charge in [-0.15, -0.1) is 0 Å². The van der Waals surface area contributed by atoms with Gasteiger partial charge < -0.3 is 10.1 Å². The monoisotopic (exact) mass is 307 g/mol. The van der Waals surface area contributed by atoms with E-state index in [9.17, 15) is 18.0 Å². The Morgan fingerprint density at radius 3 is 2.65 bits per heavy atom. The van der Waals surface area contributed by atoms with Crippen molar-refractivity contribution < 1.29 is 22.7 Å². The quantitative estimate of drug-likeness (QED) is 0.668. The van der Waals surface area contributed by atoms with Crippen molar-refractivity contribution in [2.75, 3.05) is 11.9 Å². The average Bonchev–Trinajstić information content (AvgIpc) is 2.36. The maximum Gasteiger partial charge on any atom is 0.417 e. The molecule has 0 aromatic heterocycles. The number of rotatable bonds is 4. The molecule has 0 bridgehead atoms. The molecule has 0 spiro atoms. The van der Waals surface area contributed by atoms with Gasteiger partial charge in [-0.05, 0) is 32.0 Å². The van der Waals surface area contributed by atoms with Crippen LogP contribution in [0.3, 0.4) is 0 Å². The normalized spacial score (nSPS) is 12.2. The van der Waals surface area contributed by atoms with E-state index < -0.39 is 17.7 Å². The van der Waals surface area contributed by atoms with Gasteiger partial charge in [-0.25, -0.2) is 4.79 Å². The van der Waals surface area contributed by atoms with Crippen LogP contribution in [0.5, 0.6) is 0 Å². The van der Waals surface area contributed by atoms with E-state index in [0.717, 1.165) is 12.1 Å². The molecule has 1 rings (SSSR count). The number of halogens is 4. The molecule has 1 aromatic rings. The highest BCUT2D eigenvalue weighted by molar-refractivity contribution is 6.31. The van der Waals surface area contributed by atoms with Crippen molar-refractivity contribution in [2.24, 2.45) is 0 Å². The predicted molar refractivity (Wildman–Crippen MR) is 70.5 cm³/mol. The molecule has 0 fully saturated rings. The summed E-state index contributed by atoms with van der Waals surface area (Å²) in [5, 5.41) is 2.22. The van der Waals surface area contributed by atoms with Crippen molar-refractivity contribution in [2.45, 2.75) is 20.0 Å². The van der Waals surface area contributed by atoms with Crippen molar-refractivity contribution in [3.05, 3.63) is 40.6 Å². The van der Waals surface area contributed by atoms with Crippen LogP contribution >= 0.6 is 11.6 Å². The minimum Gasteiger partial charge on any atom is -0.463 e. The molecule has 0 heterocycles. The molecule has 110 valence electrons. The Morgan fingerprint density at radius 2 is 2.10 bits per heavy atom. The van der Waals surface area contributed by atoms with Crippen LogP contribution in [0.4, 0.5) is 18.9 Å². The topological polar surface area (TPSA) is 38.3 Å². The van der Waals surface area contributed by atoms with E-state index in [1.807, 2.05) is 0 Å². The molecule has 7 heteroatoms. The zero-order valence-corrected chi connectivity index (χ0v) is 11.6. The smallest absolute Gasteiger partial charge is 0.417 e. The first-order valence-corrected chi connectivity index (χ1v) is 6.10. The lowest BCUT2D eigenvalue weighted by Crippen LogP contribution is -2.08. The lowest BCUT2D eigenvalue weighted by Gasteiger charge is -2.11. The van der Waals surface area contributed by atoms with Gasteiger partial charge in [0.15, 0.2) is 0 Å². The van der Waals surface area contributed by atoms with Crippen molar-refractivity contribution in [3.63, 3.8) is 0 Å². The molecule has 0 atom stereocenters. The zero-order valence-electron chi connectivity index (χ0n) is 10.8. The van der Waals surface area contributed by atoms with E-state index in [1.165, 1.54) is 19.2 Å². The number of hydrogen-bond donors (Lipinski definition) is 1. The summed E-state index contributed by atoms with van der Waals surface area (Å²) in [4.78, 5) is 11.3. The first-order chi connectivity index (χ1) is 9.25. The second-order valence-corrected chi connectivity index (χ2v) is 4.29. The van der Waals surface area contributed by atoms with Gasteiger partial charge in [0.2, 0.25) is 0 Å². The lowest BCUT2D eigenvalue weighted by atomic mass is 10.2. The Balaban J connectivity index is 2.90. The number of esters is 1. The van der Waals surface area contributed by atoms with Gasteiger partial charge in [0, 0.05) is 11.9 Å². The van der Waals surface area contributed by atoms with Gasteiger partial charge in [0.1, 0.15) is 0 Å². The highest BCUT2D eigenvalue weighted by Crippen LogP contribution is 2.36. The largest absolute Gasteiger partial charge is 0.463 e. The molecule has 1 aromatic carbocycles. The minimum atomic E-state index is -4.53. The number of hydrogen-bond acceptors (Lipinski definition) is 3. The van der Waals surface area contributed by atoms with Gasteiger partial charge in [-0.1, -0.05) is 11.6 Å². The summed E-state index contributed by atoms with van der Waals surface area (Å²) in [7, 11) is 0. The lowest BCUT2D eigenvalue weighted by molar-refractivity contribution is -0.139. The van der Waals surface area contributed by atoms with Crippen molar-refractivity contribution >= 4 is 23.3 Å². The Morgan fingerprint density at radius 1 is 1.45 bits per heavy atom. The van der Waals surface area contributed by atoms with Crippen LogP contribution in [0.25, 0.3) is 0 Å². The standard InChI is InChI=1S/C13H13ClF3NO2/c1-3-20-12(19)8(2)7-18-9-4-5-11(14)10(6-9)13(15,16)17/h4-7,18H,3H2,1-2H3/b8-7+. The molecular formula is C13H13ClF3NO2. The maximum absolute atomic E-state index is 12.7. The Labute approximate surface area is 119 Å². The highest BCUT2D eigenvalue weighted by Gasteiger charge is 2.33. The molecular weight excluding hydrogens is 295 g/mol. The minimum absolute atomic E-state index is 0.172. The van der Waals surface area contributed by atoms with Crippen LogP contribution in [0, 0.1) is 0 Å². The highest BCUT2D eigenvalue weighted by atomic mass is 35.5. The van der Waals surface area contributed by atoms with E-state index in [0.29, 0.717) is 0 Å². The Kier molecular flexibility index (Phi) is 5.44. The fourth-order valence-corrected chi connectivity index (χ4v) is 1.55. The molecule has 0 radical (unpaired) electrons. The summed E-state index contributed by atoms with van der Waals surface area (Å²) in [5.74, 6) is -0.537. The number of anilines is 1. The van der Waals surface area contributed by atoms with Crippen LogP contribution in [0.1, 0.15) is 19.4 Å². The maximum atomic E-state index is 12.7. The zero-order chi connectivity index (χ0) is 15.3. The number of ether oxygens (including phenoxy) is 1. The van der Waals surface area contributed by atoms with Crippen LogP contribution in [0.15, 0.2) is 30.0 Å². The van der Waals surface area contributed by atoms with E-state index in [4.69, 9.17) is 16.3 Å². The van der Waals surface area contributed by atoms with Crippen molar-refractivity contribution in [1.29, 1.82) is 0 Å². The van der Waals surface area contributed by atoms with Gasteiger partial charge in [0.25, 0.3) is 0 Å². The Hall–Kier alpha value is -1.69. The van der Waals surface area contributed by atoms with Crippen LogP contribution in [-0.4, -0.2) is 12.6 Å². The molecule has 0 saturated heterocycles. The van der Waals surface area contributed by atoms with Gasteiger partial charge >= 0.3 is 12.1 Å². The molecule has 0 saturated carbocycles. The van der Waals surface area contributed by atoms with E-state index in [1.54, 1.807) is 6.92 Å². The van der Waals surface area contributed by atoms with Crippen LogP contribution < -0.4 is 5.32 Å². The number of alkyl halides is 3. The molecule has 20 heavy (non-hydrogen) atoms. The molecule has 0 amide bonds.